The van der Waals surface area contributed by atoms with Gasteiger partial charge in [-0.25, -0.2) is 0 Å². The molecule has 1 N–H and O–H groups in total. The van der Waals surface area contributed by atoms with Gasteiger partial charge in [0, 0.05) is 16.7 Å². The highest BCUT2D eigenvalue weighted by Gasteiger charge is 2.19. The maximum atomic E-state index is 5.49. The number of halogens is 1. The molecule has 102 valence electrons. The molecule has 2 nitrogen and oxygen atoms in total. The molecule has 1 atom stereocenters. The van der Waals surface area contributed by atoms with Gasteiger partial charge in [-0.15, -0.1) is 0 Å². The van der Waals surface area contributed by atoms with E-state index in [1.807, 2.05) is 0 Å². The van der Waals surface area contributed by atoms with E-state index < -0.39 is 0 Å². The summed E-state index contributed by atoms with van der Waals surface area (Å²) in [6.45, 7) is 7.43. The summed E-state index contributed by atoms with van der Waals surface area (Å²) in [5.41, 5.74) is 1.32. The van der Waals surface area contributed by atoms with Gasteiger partial charge < -0.3 is 10.1 Å². The second-order valence-electron chi connectivity index (χ2n) is 5.16. The molecule has 1 rings (SSSR count). The van der Waals surface area contributed by atoms with Gasteiger partial charge in [0.1, 0.15) is 0 Å². The molecule has 0 bridgehead atoms. The Labute approximate surface area is 125 Å². The monoisotopic (exact) mass is 361 g/mol. The summed E-state index contributed by atoms with van der Waals surface area (Å²) in [5, 5.41) is 3.56. The Morgan fingerprint density at radius 1 is 1.28 bits per heavy atom. The number of ether oxygens (including phenoxy) is 1. The van der Waals surface area contributed by atoms with E-state index in [2.05, 4.69) is 72.9 Å². The molecule has 0 aromatic heterocycles. The van der Waals surface area contributed by atoms with Crippen LogP contribution < -0.4 is 5.32 Å². The maximum Gasteiger partial charge on any atom is 0.0623 e. The third-order valence-electron chi connectivity index (χ3n) is 3.31. The fraction of sp³-hybridized carbons (Fsp3) is 0.600. The van der Waals surface area contributed by atoms with Crippen molar-refractivity contribution in [3.63, 3.8) is 0 Å². The first kappa shape index (κ1) is 15.9. The summed E-state index contributed by atoms with van der Waals surface area (Å²) < 4.78 is 6.77. The third kappa shape index (κ3) is 5.24. The van der Waals surface area contributed by atoms with Crippen molar-refractivity contribution in [3.8, 4) is 0 Å². The predicted molar refractivity (Wildman–Crippen MR) is 85.9 cm³/mol. The molecule has 0 amide bonds. The van der Waals surface area contributed by atoms with E-state index in [0.717, 1.165) is 19.4 Å². The second kappa shape index (κ2) is 7.46. The third-order valence-corrected chi connectivity index (χ3v) is 4.03. The summed E-state index contributed by atoms with van der Waals surface area (Å²) in [6.07, 6.45) is 2.14. The standard InChI is InChI=1S/C15H24INO/c1-5-17-14(10-11-15(2,3)18-4)12-6-8-13(16)9-7-12/h6-9,14,17H,5,10-11H2,1-4H3. The first-order valence-electron chi connectivity index (χ1n) is 6.52. The average Bonchev–Trinajstić information content (AvgIpc) is 2.36. The minimum atomic E-state index is -0.0448. The Morgan fingerprint density at radius 3 is 2.39 bits per heavy atom. The quantitative estimate of drug-likeness (QED) is 0.737. The van der Waals surface area contributed by atoms with Crippen molar-refractivity contribution in [2.75, 3.05) is 13.7 Å². The molecule has 0 aliphatic rings. The van der Waals surface area contributed by atoms with Gasteiger partial charge in [0.25, 0.3) is 0 Å². The van der Waals surface area contributed by atoms with Crippen molar-refractivity contribution in [2.45, 2.75) is 45.3 Å². The highest BCUT2D eigenvalue weighted by molar-refractivity contribution is 14.1. The van der Waals surface area contributed by atoms with E-state index in [0.29, 0.717) is 6.04 Å². The van der Waals surface area contributed by atoms with E-state index in [-0.39, 0.29) is 5.60 Å². The minimum absolute atomic E-state index is 0.0448. The molecular formula is C15H24INO. The maximum absolute atomic E-state index is 5.49. The smallest absolute Gasteiger partial charge is 0.0623 e. The lowest BCUT2D eigenvalue weighted by molar-refractivity contribution is 0.0117. The summed E-state index contributed by atoms with van der Waals surface area (Å²) in [7, 11) is 1.78. The molecule has 0 radical (unpaired) electrons. The molecule has 0 saturated carbocycles. The van der Waals surface area contributed by atoms with Gasteiger partial charge in [-0.3, -0.25) is 0 Å². The number of nitrogens with one attached hydrogen (secondary N) is 1. The zero-order valence-electron chi connectivity index (χ0n) is 11.8. The second-order valence-corrected chi connectivity index (χ2v) is 6.41. The van der Waals surface area contributed by atoms with Gasteiger partial charge in [0.15, 0.2) is 0 Å². The van der Waals surface area contributed by atoms with Crippen molar-refractivity contribution in [2.24, 2.45) is 0 Å². The van der Waals surface area contributed by atoms with Crippen LogP contribution in [0.3, 0.4) is 0 Å². The number of methoxy groups -OCH3 is 1. The van der Waals surface area contributed by atoms with Crippen LogP contribution in [0.15, 0.2) is 24.3 Å². The number of hydrogen-bond donors (Lipinski definition) is 1. The zero-order valence-corrected chi connectivity index (χ0v) is 14.0. The zero-order chi connectivity index (χ0) is 13.6. The van der Waals surface area contributed by atoms with Gasteiger partial charge in [-0.2, -0.15) is 0 Å². The predicted octanol–water partition coefficient (Wildman–Crippen LogP) is 4.15. The first-order chi connectivity index (χ1) is 8.48. The molecule has 0 aliphatic heterocycles. The van der Waals surface area contributed by atoms with Gasteiger partial charge in [0.05, 0.1) is 5.60 Å². The van der Waals surface area contributed by atoms with Gasteiger partial charge in [-0.05, 0) is 73.5 Å². The normalized spacial score (nSPS) is 13.6. The Balaban J connectivity index is 2.68. The van der Waals surface area contributed by atoms with Crippen LogP contribution in [0.25, 0.3) is 0 Å². The van der Waals surface area contributed by atoms with Gasteiger partial charge in [-0.1, -0.05) is 19.1 Å². The van der Waals surface area contributed by atoms with E-state index in [1.54, 1.807) is 7.11 Å². The van der Waals surface area contributed by atoms with Crippen LogP contribution in [-0.4, -0.2) is 19.3 Å². The number of rotatable bonds is 7. The lowest BCUT2D eigenvalue weighted by atomic mass is 9.95. The molecule has 1 aromatic carbocycles. The highest BCUT2D eigenvalue weighted by Crippen LogP contribution is 2.25. The van der Waals surface area contributed by atoms with Crippen LogP contribution in [0.2, 0.25) is 0 Å². The Kier molecular flexibility index (Phi) is 6.60. The number of hydrogen-bond acceptors (Lipinski definition) is 2. The van der Waals surface area contributed by atoms with Crippen LogP contribution in [0, 0.1) is 3.57 Å². The summed E-state index contributed by atoms with van der Waals surface area (Å²) in [4.78, 5) is 0. The number of benzene rings is 1. The average molecular weight is 361 g/mol. The van der Waals surface area contributed by atoms with E-state index >= 15 is 0 Å². The van der Waals surface area contributed by atoms with Crippen LogP contribution in [0.4, 0.5) is 0 Å². The van der Waals surface area contributed by atoms with E-state index in [9.17, 15) is 0 Å². The largest absolute Gasteiger partial charge is 0.379 e. The molecule has 0 spiro atoms. The summed E-state index contributed by atoms with van der Waals surface area (Å²) in [5.74, 6) is 0. The van der Waals surface area contributed by atoms with Crippen molar-refractivity contribution in [3.05, 3.63) is 33.4 Å². The molecule has 18 heavy (non-hydrogen) atoms. The van der Waals surface area contributed by atoms with Crippen molar-refractivity contribution in [1.82, 2.24) is 5.32 Å². The van der Waals surface area contributed by atoms with Crippen LogP contribution in [-0.2, 0) is 4.74 Å². The molecule has 3 heteroatoms. The van der Waals surface area contributed by atoms with Crippen LogP contribution >= 0.6 is 22.6 Å². The minimum Gasteiger partial charge on any atom is -0.379 e. The van der Waals surface area contributed by atoms with Crippen LogP contribution in [0.5, 0.6) is 0 Å². The summed E-state index contributed by atoms with van der Waals surface area (Å²) in [6, 6.07) is 9.19. The fourth-order valence-corrected chi connectivity index (χ4v) is 2.28. The molecule has 1 unspecified atom stereocenters. The SMILES string of the molecule is CCNC(CCC(C)(C)OC)c1ccc(I)cc1. The Bertz CT molecular complexity index is 348. The lowest BCUT2D eigenvalue weighted by Gasteiger charge is -2.26. The van der Waals surface area contributed by atoms with Crippen molar-refractivity contribution in [1.29, 1.82) is 0 Å². The topological polar surface area (TPSA) is 21.3 Å². The van der Waals surface area contributed by atoms with E-state index in [1.165, 1.54) is 9.13 Å². The Hall–Kier alpha value is -0.130. The Morgan fingerprint density at radius 2 is 1.89 bits per heavy atom. The highest BCUT2D eigenvalue weighted by atomic mass is 127. The molecule has 1 aromatic rings. The molecular weight excluding hydrogens is 337 g/mol. The summed E-state index contributed by atoms with van der Waals surface area (Å²) >= 11 is 2.34. The first-order valence-corrected chi connectivity index (χ1v) is 7.60. The van der Waals surface area contributed by atoms with Crippen LogP contribution in [0.1, 0.15) is 45.2 Å². The van der Waals surface area contributed by atoms with Gasteiger partial charge in [0.2, 0.25) is 0 Å². The fourth-order valence-electron chi connectivity index (χ4n) is 1.92. The van der Waals surface area contributed by atoms with Gasteiger partial charge >= 0.3 is 0 Å². The molecule has 0 aliphatic carbocycles. The van der Waals surface area contributed by atoms with E-state index in [4.69, 9.17) is 4.74 Å². The molecule has 0 fully saturated rings. The molecule has 0 heterocycles. The molecule has 0 saturated heterocycles. The van der Waals surface area contributed by atoms with Crippen molar-refractivity contribution < 1.29 is 4.74 Å². The van der Waals surface area contributed by atoms with Crippen molar-refractivity contribution >= 4 is 22.6 Å². The lowest BCUT2D eigenvalue weighted by Crippen LogP contribution is -2.27.